The Balaban J connectivity index is 3.35. The second kappa shape index (κ2) is 59.7. The normalized spacial score (nSPS) is 12.6. The predicted molar refractivity (Wildman–Crippen MR) is 300 cm³/mol. The van der Waals surface area contributed by atoms with Crippen molar-refractivity contribution in [2.75, 3.05) is 6.61 Å². The van der Waals surface area contributed by atoms with Crippen molar-refractivity contribution in [1.82, 2.24) is 5.32 Å². The molecular formula is C63H127NO3. The van der Waals surface area contributed by atoms with E-state index in [1.807, 2.05) is 0 Å². The first kappa shape index (κ1) is 66.4. The summed E-state index contributed by atoms with van der Waals surface area (Å²) >= 11 is 0. The molecule has 0 aliphatic heterocycles. The molecule has 0 saturated heterocycles. The van der Waals surface area contributed by atoms with Gasteiger partial charge in [-0.15, -0.1) is 0 Å². The van der Waals surface area contributed by atoms with Gasteiger partial charge in [0, 0.05) is 6.42 Å². The van der Waals surface area contributed by atoms with Gasteiger partial charge in [-0.05, 0) is 12.8 Å². The lowest BCUT2D eigenvalue weighted by Crippen LogP contribution is -2.45. The van der Waals surface area contributed by atoms with E-state index in [1.54, 1.807) is 0 Å². The minimum absolute atomic E-state index is 0.0206. The summed E-state index contributed by atoms with van der Waals surface area (Å²) in [7, 11) is 0. The maximum Gasteiger partial charge on any atom is 0.220 e. The van der Waals surface area contributed by atoms with Crippen molar-refractivity contribution < 1.29 is 15.0 Å². The summed E-state index contributed by atoms with van der Waals surface area (Å²) in [5.41, 5.74) is 0. The number of carbonyl (C=O) groups is 1. The number of carbonyl (C=O) groups excluding carboxylic acids is 1. The van der Waals surface area contributed by atoms with E-state index >= 15 is 0 Å². The average molecular weight is 947 g/mol. The fourth-order valence-corrected chi connectivity index (χ4v) is 10.5. The topological polar surface area (TPSA) is 69.6 Å². The number of amides is 1. The van der Waals surface area contributed by atoms with Gasteiger partial charge in [0.1, 0.15) is 0 Å². The van der Waals surface area contributed by atoms with Gasteiger partial charge in [0.2, 0.25) is 5.91 Å². The fourth-order valence-electron chi connectivity index (χ4n) is 10.5. The van der Waals surface area contributed by atoms with Gasteiger partial charge in [-0.25, -0.2) is 0 Å². The number of hydrogen-bond donors (Lipinski definition) is 3. The van der Waals surface area contributed by atoms with Crippen LogP contribution in [-0.2, 0) is 4.79 Å². The van der Waals surface area contributed by atoms with Gasteiger partial charge in [-0.2, -0.15) is 0 Å². The summed E-state index contributed by atoms with van der Waals surface area (Å²) < 4.78 is 0. The minimum atomic E-state index is -0.655. The molecular weight excluding hydrogens is 819 g/mol. The number of aliphatic hydroxyl groups is 2. The van der Waals surface area contributed by atoms with Crippen LogP contribution in [0.25, 0.3) is 0 Å². The Morgan fingerprint density at radius 2 is 0.478 bits per heavy atom. The van der Waals surface area contributed by atoms with Crippen LogP contribution >= 0.6 is 0 Å². The van der Waals surface area contributed by atoms with Crippen LogP contribution in [0, 0.1) is 0 Å². The lowest BCUT2D eigenvalue weighted by atomic mass is 10.0. The Labute approximate surface area is 423 Å². The van der Waals surface area contributed by atoms with Crippen molar-refractivity contribution in [1.29, 1.82) is 0 Å². The van der Waals surface area contributed by atoms with Crippen LogP contribution in [0.15, 0.2) is 0 Å². The summed E-state index contributed by atoms with van der Waals surface area (Å²) in [6.07, 6.45) is 77.1. The van der Waals surface area contributed by atoms with Gasteiger partial charge in [-0.1, -0.05) is 361 Å². The molecule has 4 nitrogen and oxygen atoms in total. The molecule has 4 heteroatoms. The Bertz CT molecular complexity index is 894. The molecule has 0 aromatic heterocycles. The van der Waals surface area contributed by atoms with Crippen LogP contribution in [-0.4, -0.2) is 34.9 Å². The first-order valence-corrected chi connectivity index (χ1v) is 31.7. The maximum atomic E-state index is 12.5. The van der Waals surface area contributed by atoms with E-state index < -0.39 is 12.1 Å². The average Bonchev–Trinajstić information content (AvgIpc) is 3.33. The third-order valence-electron chi connectivity index (χ3n) is 15.4. The molecule has 1 amide bonds. The van der Waals surface area contributed by atoms with E-state index in [1.165, 1.54) is 327 Å². The quantitative estimate of drug-likeness (QED) is 0.0532. The molecule has 0 bridgehead atoms. The highest BCUT2D eigenvalue weighted by atomic mass is 16.3. The van der Waals surface area contributed by atoms with Crippen molar-refractivity contribution in [3.8, 4) is 0 Å². The Kier molecular flexibility index (Phi) is 59.2. The molecule has 0 aromatic carbocycles. The molecule has 402 valence electrons. The number of rotatable bonds is 60. The van der Waals surface area contributed by atoms with Gasteiger partial charge in [0.05, 0.1) is 18.8 Å². The molecule has 0 aliphatic rings. The van der Waals surface area contributed by atoms with Gasteiger partial charge in [-0.3, -0.25) is 4.79 Å². The lowest BCUT2D eigenvalue weighted by Gasteiger charge is -2.22. The predicted octanol–water partition coefficient (Wildman–Crippen LogP) is 21.1. The standard InChI is InChI=1S/C63H127NO3/c1-3-5-7-9-11-13-15-17-19-21-23-25-26-27-28-29-30-31-32-33-34-35-36-37-39-41-43-45-47-49-51-53-55-57-59-63(67)64-61(60-65)62(66)58-56-54-52-50-48-46-44-42-40-38-24-22-20-18-16-14-12-10-8-6-4-2/h61-62,65-66H,3-60H2,1-2H3,(H,64,67). The molecule has 3 N–H and O–H groups in total. The van der Waals surface area contributed by atoms with Crippen LogP contribution in [0.5, 0.6) is 0 Å². The van der Waals surface area contributed by atoms with Gasteiger partial charge >= 0.3 is 0 Å². The molecule has 2 atom stereocenters. The minimum Gasteiger partial charge on any atom is -0.394 e. The van der Waals surface area contributed by atoms with Crippen LogP contribution < -0.4 is 5.32 Å². The second-order valence-electron chi connectivity index (χ2n) is 22.2. The monoisotopic (exact) mass is 946 g/mol. The largest absolute Gasteiger partial charge is 0.394 e. The number of aliphatic hydroxyl groups excluding tert-OH is 2. The number of nitrogens with one attached hydrogen (secondary N) is 1. The smallest absolute Gasteiger partial charge is 0.220 e. The number of unbranched alkanes of at least 4 members (excludes halogenated alkanes) is 53. The van der Waals surface area contributed by atoms with Crippen molar-refractivity contribution >= 4 is 5.91 Å². The van der Waals surface area contributed by atoms with Crippen LogP contribution in [0.3, 0.4) is 0 Å². The molecule has 0 radical (unpaired) electrons. The summed E-state index contributed by atoms with van der Waals surface area (Å²) in [4.78, 5) is 12.5. The van der Waals surface area contributed by atoms with E-state index in [4.69, 9.17) is 0 Å². The van der Waals surface area contributed by atoms with Crippen molar-refractivity contribution in [2.24, 2.45) is 0 Å². The van der Waals surface area contributed by atoms with Gasteiger partial charge in [0.25, 0.3) is 0 Å². The van der Waals surface area contributed by atoms with Gasteiger partial charge in [0.15, 0.2) is 0 Å². The third-order valence-corrected chi connectivity index (χ3v) is 15.4. The fraction of sp³-hybridized carbons (Fsp3) is 0.984. The third kappa shape index (κ3) is 56.2. The van der Waals surface area contributed by atoms with E-state index in [9.17, 15) is 15.0 Å². The Morgan fingerprint density at radius 1 is 0.299 bits per heavy atom. The molecule has 0 saturated carbocycles. The highest BCUT2D eigenvalue weighted by molar-refractivity contribution is 5.76. The summed E-state index contributed by atoms with van der Waals surface area (Å²) in [5.74, 6) is -0.0206. The number of hydrogen-bond acceptors (Lipinski definition) is 3. The zero-order valence-corrected chi connectivity index (χ0v) is 46.5. The van der Waals surface area contributed by atoms with E-state index in [-0.39, 0.29) is 12.5 Å². The molecule has 0 fully saturated rings. The molecule has 0 aromatic rings. The van der Waals surface area contributed by atoms with Gasteiger partial charge < -0.3 is 15.5 Å². The Hall–Kier alpha value is -0.610. The highest BCUT2D eigenvalue weighted by Gasteiger charge is 2.20. The van der Waals surface area contributed by atoms with E-state index in [0.29, 0.717) is 12.8 Å². The SMILES string of the molecule is CCCCCCCCCCCCCCCCCCCCCCCCCCCCCCCCCCCCC(=O)NC(CO)C(O)CCCCCCCCCCCCCCCCCCCCCCC. The summed E-state index contributed by atoms with van der Waals surface area (Å²) in [6.45, 7) is 4.41. The zero-order chi connectivity index (χ0) is 48.5. The van der Waals surface area contributed by atoms with E-state index in [2.05, 4.69) is 19.2 Å². The summed E-state index contributed by atoms with van der Waals surface area (Å²) in [5, 5.41) is 23.4. The summed E-state index contributed by atoms with van der Waals surface area (Å²) in [6, 6.07) is -0.532. The molecule has 0 aliphatic carbocycles. The first-order valence-electron chi connectivity index (χ1n) is 31.7. The first-order chi connectivity index (χ1) is 33.2. The van der Waals surface area contributed by atoms with Crippen molar-refractivity contribution in [2.45, 2.75) is 392 Å². The zero-order valence-electron chi connectivity index (χ0n) is 46.5. The van der Waals surface area contributed by atoms with E-state index in [0.717, 1.165) is 25.7 Å². The molecule has 2 unspecified atom stereocenters. The molecule has 67 heavy (non-hydrogen) atoms. The highest BCUT2D eigenvalue weighted by Crippen LogP contribution is 2.19. The maximum absolute atomic E-state index is 12.5. The van der Waals surface area contributed by atoms with Crippen molar-refractivity contribution in [3.63, 3.8) is 0 Å². The van der Waals surface area contributed by atoms with Crippen molar-refractivity contribution in [3.05, 3.63) is 0 Å². The van der Waals surface area contributed by atoms with Crippen LogP contribution in [0.2, 0.25) is 0 Å². The lowest BCUT2D eigenvalue weighted by molar-refractivity contribution is -0.123. The molecule has 0 spiro atoms. The molecule has 0 rings (SSSR count). The van der Waals surface area contributed by atoms with Crippen LogP contribution in [0.4, 0.5) is 0 Å². The van der Waals surface area contributed by atoms with Crippen LogP contribution in [0.1, 0.15) is 380 Å². The molecule has 0 heterocycles. The Morgan fingerprint density at radius 3 is 0.672 bits per heavy atom. The second-order valence-corrected chi connectivity index (χ2v) is 22.2.